The second kappa shape index (κ2) is 8.22. The number of anilines is 1. The summed E-state index contributed by atoms with van der Waals surface area (Å²) in [5, 5.41) is 11.4. The van der Waals surface area contributed by atoms with Crippen LogP contribution in [0.3, 0.4) is 0 Å². The molecule has 0 amide bonds. The van der Waals surface area contributed by atoms with E-state index in [1.807, 2.05) is 34.5 Å². The van der Waals surface area contributed by atoms with Crippen molar-refractivity contribution in [2.45, 2.75) is 24.7 Å². The summed E-state index contributed by atoms with van der Waals surface area (Å²) in [7, 11) is -3.56. The zero-order chi connectivity index (χ0) is 21.3. The fourth-order valence-corrected chi connectivity index (χ4v) is 5.48. The summed E-state index contributed by atoms with van der Waals surface area (Å²) in [6.45, 7) is 5.63. The zero-order valence-electron chi connectivity index (χ0n) is 16.8. The molecule has 0 saturated carbocycles. The van der Waals surface area contributed by atoms with Gasteiger partial charge in [-0.25, -0.2) is 8.42 Å². The molecule has 3 heterocycles. The van der Waals surface area contributed by atoms with Crippen molar-refractivity contribution in [3.8, 4) is 16.8 Å². The molecule has 1 saturated heterocycles. The first kappa shape index (κ1) is 20.6. The van der Waals surface area contributed by atoms with Crippen molar-refractivity contribution in [2.24, 2.45) is 0 Å². The molecule has 1 aliphatic rings. The Hall–Kier alpha value is -2.67. The first-order chi connectivity index (χ1) is 14.4. The van der Waals surface area contributed by atoms with Gasteiger partial charge in [0.25, 0.3) is 0 Å². The first-order valence-corrected chi connectivity index (χ1v) is 12.0. The van der Waals surface area contributed by atoms with Gasteiger partial charge < -0.3 is 9.32 Å². The van der Waals surface area contributed by atoms with E-state index >= 15 is 0 Å². The van der Waals surface area contributed by atoms with E-state index in [9.17, 15) is 13.7 Å². The number of nitriles is 1. The van der Waals surface area contributed by atoms with Crippen LogP contribution in [0, 0.1) is 11.3 Å². The number of hydrogen-bond donors (Lipinski definition) is 0. The number of aromatic nitrogens is 1. The van der Waals surface area contributed by atoms with Crippen molar-refractivity contribution in [3.05, 3.63) is 53.0 Å². The van der Waals surface area contributed by atoms with Crippen molar-refractivity contribution in [2.75, 3.05) is 31.1 Å². The fraction of sp³-hybridized carbons (Fsp3) is 0.333. The lowest BCUT2D eigenvalue weighted by atomic mass is 10.0. The molecule has 0 unspecified atom stereocenters. The molecule has 30 heavy (non-hydrogen) atoms. The standard InChI is InChI=1S/C21H22N4O3S2/c1-15(2)16-5-7-17(8-6-16)30(26,27)25-11-9-24(10-12-25)21-18(14-22)23-20(28-21)19-4-3-13-29-19/h3-8,13,15H,9-12H2,1-2H3. The van der Waals surface area contributed by atoms with Crippen LogP contribution < -0.4 is 4.90 Å². The quantitative estimate of drug-likeness (QED) is 0.595. The number of sulfonamides is 1. The van der Waals surface area contributed by atoms with Gasteiger partial charge in [-0.2, -0.15) is 14.6 Å². The third kappa shape index (κ3) is 3.86. The molecule has 0 radical (unpaired) electrons. The average molecular weight is 443 g/mol. The highest BCUT2D eigenvalue weighted by atomic mass is 32.2. The third-order valence-electron chi connectivity index (χ3n) is 5.16. The summed E-state index contributed by atoms with van der Waals surface area (Å²) in [5.41, 5.74) is 1.33. The molecule has 0 spiro atoms. The molecule has 0 N–H and O–H groups in total. The van der Waals surface area contributed by atoms with Crippen LogP contribution in [0.25, 0.3) is 10.8 Å². The van der Waals surface area contributed by atoms with Gasteiger partial charge in [0, 0.05) is 26.2 Å². The highest BCUT2D eigenvalue weighted by molar-refractivity contribution is 7.89. The van der Waals surface area contributed by atoms with E-state index in [1.165, 1.54) is 15.6 Å². The van der Waals surface area contributed by atoms with Crippen LogP contribution in [-0.4, -0.2) is 43.9 Å². The van der Waals surface area contributed by atoms with E-state index in [-0.39, 0.29) is 5.69 Å². The van der Waals surface area contributed by atoms with E-state index in [0.29, 0.717) is 48.8 Å². The van der Waals surface area contributed by atoms with Crippen LogP contribution in [-0.2, 0) is 10.0 Å². The molecule has 2 aromatic heterocycles. The van der Waals surface area contributed by atoms with Gasteiger partial charge >= 0.3 is 0 Å². The van der Waals surface area contributed by atoms with Crippen LogP contribution in [0.2, 0.25) is 0 Å². The van der Waals surface area contributed by atoms with Gasteiger partial charge in [-0.1, -0.05) is 32.0 Å². The largest absolute Gasteiger partial charge is 0.418 e. The van der Waals surface area contributed by atoms with Gasteiger partial charge in [-0.3, -0.25) is 0 Å². The van der Waals surface area contributed by atoms with E-state index in [0.717, 1.165) is 10.4 Å². The second-order valence-electron chi connectivity index (χ2n) is 7.38. The Morgan fingerprint density at radius 1 is 1.13 bits per heavy atom. The molecule has 4 rings (SSSR count). The van der Waals surface area contributed by atoms with E-state index in [1.54, 1.807) is 12.1 Å². The highest BCUT2D eigenvalue weighted by Gasteiger charge is 2.31. The van der Waals surface area contributed by atoms with Gasteiger partial charge in [-0.15, -0.1) is 11.3 Å². The minimum absolute atomic E-state index is 0.221. The van der Waals surface area contributed by atoms with Gasteiger partial charge in [0.15, 0.2) is 0 Å². The maximum Gasteiger partial charge on any atom is 0.243 e. The number of rotatable bonds is 5. The summed E-state index contributed by atoms with van der Waals surface area (Å²) in [6.07, 6.45) is 0. The second-order valence-corrected chi connectivity index (χ2v) is 10.3. The lowest BCUT2D eigenvalue weighted by molar-refractivity contribution is 0.374. The minimum Gasteiger partial charge on any atom is -0.418 e. The van der Waals surface area contributed by atoms with E-state index in [4.69, 9.17) is 4.42 Å². The van der Waals surface area contributed by atoms with Crippen molar-refractivity contribution < 1.29 is 12.8 Å². The van der Waals surface area contributed by atoms with Crippen LogP contribution >= 0.6 is 11.3 Å². The predicted molar refractivity (Wildman–Crippen MR) is 116 cm³/mol. The third-order valence-corrected chi connectivity index (χ3v) is 7.93. The van der Waals surface area contributed by atoms with Crippen molar-refractivity contribution >= 4 is 27.2 Å². The summed E-state index contributed by atoms with van der Waals surface area (Å²) >= 11 is 1.49. The summed E-state index contributed by atoms with van der Waals surface area (Å²) in [6, 6.07) is 13.0. The molecule has 3 aromatic rings. The number of piperazine rings is 1. The monoisotopic (exact) mass is 442 g/mol. The average Bonchev–Trinajstić information content (AvgIpc) is 3.43. The van der Waals surface area contributed by atoms with Gasteiger partial charge in [0.05, 0.1) is 9.77 Å². The lowest BCUT2D eigenvalue weighted by Crippen LogP contribution is -2.48. The van der Waals surface area contributed by atoms with E-state index in [2.05, 4.69) is 24.9 Å². The molecule has 156 valence electrons. The predicted octanol–water partition coefficient (Wildman–Crippen LogP) is 3.91. The number of oxazole rings is 1. The molecule has 1 fully saturated rings. The Morgan fingerprint density at radius 2 is 1.83 bits per heavy atom. The van der Waals surface area contributed by atoms with Crippen LogP contribution in [0.15, 0.2) is 51.1 Å². The smallest absolute Gasteiger partial charge is 0.243 e. The molecular weight excluding hydrogens is 420 g/mol. The number of thiophene rings is 1. The summed E-state index contributed by atoms with van der Waals surface area (Å²) < 4.78 is 33.4. The summed E-state index contributed by atoms with van der Waals surface area (Å²) in [4.78, 5) is 7.33. The van der Waals surface area contributed by atoms with Crippen LogP contribution in [0.4, 0.5) is 5.88 Å². The van der Waals surface area contributed by atoms with Crippen molar-refractivity contribution in [3.63, 3.8) is 0 Å². The Balaban J connectivity index is 1.49. The lowest BCUT2D eigenvalue weighted by Gasteiger charge is -2.33. The molecule has 1 aromatic carbocycles. The number of nitrogens with zero attached hydrogens (tertiary/aromatic N) is 4. The first-order valence-electron chi connectivity index (χ1n) is 9.70. The highest BCUT2D eigenvalue weighted by Crippen LogP contribution is 2.31. The van der Waals surface area contributed by atoms with E-state index < -0.39 is 10.0 Å². The Kier molecular flexibility index (Phi) is 5.64. The normalized spacial score (nSPS) is 15.5. The van der Waals surface area contributed by atoms with Gasteiger partial charge in [-0.05, 0) is 35.1 Å². The van der Waals surface area contributed by atoms with Gasteiger partial charge in [0.1, 0.15) is 6.07 Å². The Morgan fingerprint density at radius 3 is 2.40 bits per heavy atom. The van der Waals surface area contributed by atoms with Gasteiger partial charge in [0.2, 0.25) is 27.5 Å². The SMILES string of the molecule is CC(C)c1ccc(S(=O)(=O)N2CCN(c3oc(-c4cccs4)nc3C#N)CC2)cc1. The van der Waals surface area contributed by atoms with Crippen molar-refractivity contribution in [1.29, 1.82) is 5.26 Å². The molecular formula is C21H22N4O3S2. The summed E-state index contributed by atoms with van der Waals surface area (Å²) in [5.74, 6) is 1.16. The fourth-order valence-electron chi connectivity index (χ4n) is 3.41. The Labute approximate surface area is 180 Å². The molecule has 1 aliphatic heterocycles. The minimum atomic E-state index is -3.56. The molecule has 0 aliphatic carbocycles. The zero-order valence-corrected chi connectivity index (χ0v) is 18.4. The maximum absolute atomic E-state index is 13.0. The molecule has 0 atom stereocenters. The molecule has 0 bridgehead atoms. The number of hydrogen-bond acceptors (Lipinski definition) is 7. The van der Waals surface area contributed by atoms with Crippen molar-refractivity contribution in [1.82, 2.24) is 9.29 Å². The van der Waals surface area contributed by atoms with Crippen LogP contribution in [0.1, 0.15) is 31.0 Å². The van der Waals surface area contributed by atoms with Crippen LogP contribution in [0.5, 0.6) is 0 Å². The number of benzene rings is 1. The molecule has 9 heteroatoms. The maximum atomic E-state index is 13.0. The Bertz CT molecular complexity index is 1150. The topological polar surface area (TPSA) is 90.4 Å². The molecule has 7 nitrogen and oxygen atoms in total.